The number of piperazine rings is 1. The molecule has 0 radical (unpaired) electrons. The van der Waals surface area contributed by atoms with Crippen molar-refractivity contribution in [1.29, 1.82) is 5.26 Å². The summed E-state index contributed by atoms with van der Waals surface area (Å²) in [6.45, 7) is 6.28. The summed E-state index contributed by atoms with van der Waals surface area (Å²) in [6, 6.07) is 14.5. The summed E-state index contributed by atoms with van der Waals surface area (Å²) >= 11 is 0. The van der Waals surface area contributed by atoms with Crippen LogP contribution in [0, 0.1) is 17.1 Å². The molecule has 1 heterocycles. The zero-order valence-electron chi connectivity index (χ0n) is 16.9. The molecule has 3 rings (SSSR count). The molecule has 0 spiro atoms. The predicted molar refractivity (Wildman–Crippen MR) is 113 cm³/mol. The van der Waals surface area contributed by atoms with Crippen molar-refractivity contribution in [2.75, 3.05) is 44.7 Å². The second-order valence-corrected chi connectivity index (χ2v) is 6.73. The third-order valence-corrected chi connectivity index (χ3v) is 4.92. The van der Waals surface area contributed by atoms with Gasteiger partial charge in [-0.2, -0.15) is 5.26 Å². The van der Waals surface area contributed by atoms with Crippen LogP contribution in [-0.2, 0) is 6.54 Å². The average Bonchev–Trinajstić information content (AvgIpc) is 2.77. The molecule has 2 aromatic carbocycles. The highest BCUT2D eigenvalue weighted by atomic mass is 19.1. The van der Waals surface area contributed by atoms with Gasteiger partial charge in [0.15, 0.2) is 5.96 Å². The molecule has 1 aliphatic heterocycles. The molecule has 0 unspecified atom stereocenters. The molecular formula is C22H26FN5O. The van der Waals surface area contributed by atoms with Gasteiger partial charge in [0, 0.05) is 38.3 Å². The van der Waals surface area contributed by atoms with E-state index in [0.717, 1.165) is 50.1 Å². The highest BCUT2D eigenvalue weighted by Gasteiger charge is 2.21. The molecule has 1 fully saturated rings. The lowest BCUT2D eigenvalue weighted by atomic mass is 10.1. The Balaban J connectivity index is 1.67. The van der Waals surface area contributed by atoms with Gasteiger partial charge in [0.05, 0.1) is 31.0 Å². The summed E-state index contributed by atoms with van der Waals surface area (Å²) in [7, 11) is 1.69. The number of nitrogens with zero attached hydrogens (tertiary/aromatic N) is 4. The van der Waals surface area contributed by atoms with E-state index in [-0.39, 0.29) is 6.54 Å². The Morgan fingerprint density at radius 3 is 2.62 bits per heavy atom. The molecule has 0 bridgehead atoms. The Kier molecular flexibility index (Phi) is 6.90. The molecule has 0 amide bonds. The van der Waals surface area contributed by atoms with Gasteiger partial charge in [0.2, 0.25) is 0 Å². The maximum absolute atomic E-state index is 14.2. The quantitative estimate of drug-likeness (QED) is 0.623. The molecule has 0 atom stereocenters. The summed E-state index contributed by atoms with van der Waals surface area (Å²) in [6.07, 6.45) is 0. The normalized spacial score (nSPS) is 14.5. The van der Waals surface area contributed by atoms with Gasteiger partial charge in [0.1, 0.15) is 11.6 Å². The zero-order chi connectivity index (χ0) is 20.6. The van der Waals surface area contributed by atoms with Crippen LogP contribution >= 0.6 is 0 Å². The number of hydrogen-bond acceptors (Lipinski definition) is 4. The summed E-state index contributed by atoms with van der Waals surface area (Å²) in [5.41, 5.74) is 1.89. The first-order chi connectivity index (χ1) is 14.2. The van der Waals surface area contributed by atoms with E-state index in [1.807, 2.05) is 31.2 Å². The van der Waals surface area contributed by atoms with Crippen LogP contribution in [0.2, 0.25) is 0 Å². The van der Waals surface area contributed by atoms with E-state index >= 15 is 0 Å². The third kappa shape index (κ3) is 4.96. The van der Waals surface area contributed by atoms with Gasteiger partial charge in [-0.1, -0.05) is 18.2 Å². The second kappa shape index (κ2) is 9.78. The van der Waals surface area contributed by atoms with Gasteiger partial charge in [-0.3, -0.25) is 0 Å². The number of anilines is 1. The Morgan fingerprint density at radius 1 is 1.21 bits per heavy atom. The van der Waals surface area contributed by atoms with Gasteiger partial charge >= 0.3 is 0 Å². The smallest absolute Gasteiger partial charge is 0.194 e. The minimum absolute atomic E-state index is 0.229. The number of hydrogen-bond donors (Lipinski definition) is 1. The molecule has 29 heavy (non-hydrogen) atoms. The predicted octanol–water partition coefficient (Wildman–Crippen LogP) is 2.99. The lowest BCUT2D eigenvalue weighted by molar-refractivity contribution is 0.367. The maximum atomic E-state index is 14.2. The molecule has 1 N–H and O–H groups in total. The van der Waals surface area contributed by atoms with E-state index < -0.39 is 5.82 Å². The van der Waals surface area contributed by atoms with E-state index in [0.29, 0.717) is 11.1 Å². The van der Waals surface area contributed by atoms with Gasteiger partial charge in [-0.15, -0.1) is 0 Å². The number of guanidine groups is 1. The first-order valence-electron chi connectivity index (χ1n) is 9.76. The number of aliphatic imine (C=N–C) groups is 1. The van der Waals surface area contributed by atoms with E-state index in [1.54, 1.807) is 19.2 Å². The maximum Gasteiger partial charge on any atom is 0.194 e. The monoisotopic (exact) mass is 395 g/mol. The number of halogens is 1. The fraction of sp³-hybridized carbons (Fsp3) is 0.364. The van der Waals surface area contributed by atoms with Gasteiger partial charge in [0.25, 0.3) is 0 Å². The van der Waals surface area contributed by atoms with Crippen molar-refractivity contribution < 1.29 is 9.13 Å². The van der Waals surface area contributed by atoms with Crippen LogP contribution in [0.5, 0.6) is 5.75 Å². The van der Waals surface area contributed by atoms with Gasteiger partial charge in [-0.05, 0) is 31.2 Å². The van der Waals surface area contributed by atoms with Crippen LogP contribution in [0.15, 0.2) is 47.5 Å². The lowest BCUT2D eigenvalue weighted by Crippen LogP contribution is -2.52. The van der Waals surface area contributed by atoms with Crippen molar-refractivity contribution in [1.82, 2.24) is 10.2 Å². The number of rotatable bonds is 5. The molecule has 1 saturated heterocycles. The summed E-state index contributed by atoms with van der Waals surface area (Å²) < 4.78 is 19.6. The van der Waals surface area contributed by atoms with Crippen LogP contribution in [0.25, 0.3) is 0 Å². The van der Waals surface area contributed by atoms with E-state index in [9.17, 15) is 4.39 Å². The molecule has 0 aromatic heterocycles. The number of nitriles is 1. The standard InChI is InChI=1S/C22H26FN5O/c1-3-25-22(26-16-18-9-8-17(15-24)14-19(18)23)28-12-10-27(11-13-28)20-6-4-5-7-21(20)29-2/h4-9,14H,3,10-13,16H2,1-2H3,(H,25,26). The van der Waals surface area contributed by atoms with Crippen LogP contribution in [0.3, 0.4) is 0 Å². The van der Waals surface area contributed by atoms with Gasteiger partial charge in [-0.25, -0.2) is 9.38 Å². The van der Waals surface area contributed by atoms with Crippen LogP contribution in [0.1, 0.15) is 18.1 Å². The third-order valence-electron chi connectivity index (χ3n) is 4.92. The van der Waals surface area contributed by atoms with Gasteiger partial charge < -0.3 is 19.9 Å². The second-order valence-electron chi connectivity index (χ2n) is 6.73. The van der Waals surface area contributed by atoms with Crippen molar-refractivity contribution in [2.24, 2.45) is 4.99 Å². The first-order valence-corrected chi connectivity index (χ1v) is 9.76. The van der Waals surface area contributed by atoms with E-state index in [2.05, 4.69) is 26.2 Å². The van der Waals surface area contributed by atoms with Crippen molar-refractivity contribution in [3.63, 3.8) is 0 Å². The molecule has 0 saturated carbocycles. The lowest BCUT2D eigenvalue weighted by Gasteiger charge is -2.38. The Bertz CT molecular complexity index is 900. The van der Waals surface area contributed by atoms with Crippen LogP contribution in [0.4, 0.5) is 10.1 Å². The number of ether oxygens (including phenoxy) is 1. The topological polar surface area (TPSA) is 63.9 Å². The van der Waals surface area contributed by atoms with Crippen LogP contribution < -0.4 is 15.0 Å². The number of benzene rings is 2. The molecule has 6 nitrogen and oxygen atoms in total. The Hall–Kier alpha value is -3.27. The van der Waals surface area contributed by atoms with E-state index in [1.165, 1.54) is 6.07 Å². The Morgan fingerprint density at radius 2 is 1.97 bits per heavy atom. The van der Waals surface area contributed by atoms with Crippen LogP contribution in [-0.4, -0.2) is 50.7 Å². The van der Waals surface area contributed by atoms with Crippen molar-refractivity contribution in [3.05, 3.63) is 59.4 Å². The summed E-state index contributed by atoms with van der Waals surface area (Å²) in [5, 5.41) is 12.2. The SMILES string of the molecule is CCNC(=NCc1ccc(C#N)cc1F)N1CCN(c2ccccc2OC)CC1. The first kappa shape index (κ1) is 20.5. The molecule has 152 valence electrons. The average molecular weight is 395 g/mol. The molecule has 1 aliphatic rings. The largest absolute Gasteiger partial charge is 0.495 e. The minimum atomic E-state index is -0.398. The fourth-order valence-corrected chi connectivity index (χ4v) is 3.38. The highest BCUT2D eigenvalue weighted by molar-refractivity contribution is 5.80. The van der Waals surface area contributed by atoms with Crippen molar-refractivity contribution >= 4 is 11.6 Å². The Labute approximate surface area is 171 Å². The van der Waals surface area contributed by atoms with Crippen molar-refractivity contribution in [3.8, 4) is 11.8 Å². The molecule has 2 aromatic rings. The summed E-state index contributed by atoms with van der Waals surface area (Å²) in [4.78, 5) is 9.12. The zero-order valence-corrected chi connectivity index (χ0v) is 16.9. The molecular weight excluding hydrogens is 369 g/mol. The molecule has 7 heteroatoms. The van der Waals surface area contributed by atoms with Crippen molar-refractivity contribution in [2.45, 2.75) is 13.5 Å². The summed E-state index contributed by atoms with van der Waals surface area (Å²) in [5.74, 6) is 1.25. The molecule has 0 aliphatic carbocycles. The van der Waals surface area contributed by atoms with E-state index in [4.69, 9.17) is 10.00 Å². The highest BCUT2D eigenvalue weighted by Crippen LogP contribution is 2.28. The number of nitrogens with one attached hydrogen (secondary N) is 1. The number of para-hydroxylation sites is 2. The minimum Gasteiger partial charge on any atom is -0.495 e. The fourth-order valence-electron chi connectivity index (χ4n) is 3.38. The number of methoxy groups -OCH3 is 1.